The van der Waals surface area contributed by atoms with Gasteiger partial charge in [-0.15, -0.1) is 0 Å². The van der Waals surface area contributed by atoms with Crippen molar-refractivity contribution in [1.29, 1.82) is 0 Å². The molecule has 0 fully saturated rings. The van der Waals surface area contributed by atoms with Crippen LogP contribution in [0.1, 0.15) is 5.82 Å². The van der Waals surface area contributed by atoms with Gasteiger partial charge in [0.25, 0.3) is 5.56 Å². The maximum atomic E-state index is 12.0. The minimum atomic E-state index is -0.122. The molecule has 0 aliphatic rings. The average molecular weight is 281 g/mol. The zero-order valence-electron chi connectivity index (χ0n) is 11.6. The summed E-state index contributed by atoms with van der Waals surface area (Å²) in [5, 5.41) is 3.81. The fraction of sp³-hybridized carbons (Fsp3) is 0.125. The smallest absolute Gasteiger partial charge is 0.258 e. The summed E-state index contributed by atoms with van der Waals surface area (Å²) in [5.74, 6) is 1.38. The number of rotatable bonds is 4. The Morgan fingerprint density at radius 2 is 2.05 bits per heavy atom. The van der Waals surface area contributed by atoms with Gasteiger partial charge in [0.15, 0.2) is 0 Å². The van der Waals surface area contributed by atoms with Crippen molar-refractivity contribution < 1.29 is 4.74 Å². The lowest BCUT2D eigenvalue weighted by Crippen LogP contribution is -2.14. The van der Waals surface area contributed by atoms with Crippen LogP contribution in [-0.2, 0) is 6.54 Å². The molecule has 0 spiro atoms. The number of aromatic amines is 1. The summed E-state index contributed by atoms with van der Waals surface area (Å²) < 4.78 is 5.17. The molecule has 106 valence electrons. The number of nitrogens with zero attached hydrogens (tertiary/aromatic N) is 1. The maximum Gasteiger partial charge on any atom is 0.258 e. The molecule has 3 aromatic rings. The number of ether oxygens (including phenoxy) is 1. The van der Waals surface area contributed by atoms with E-state index in [-0.39, 0.29) is 5.56 Å². The molecule has 0 atom stereocenters. The van der Waals surface area contributed by atoms with Gasteiger partial charge in [-0.2, -0.15) is 0 Å². The van der Waals surface area contributed by atoms with Crippen LogP contribution < -0.4 is 15.6 Å². The largest absolute Gasteiger partial charge is 0.497 e. The van der Waals surface area contributed by atoms with E-state index in [0.29, 0.717) is 23.3 Å². The van der Waals surface area contributed by atoms with E-state index in [1.807, 2.05) is 42.5 Å². The number of nitrogens with one attached hydrogen (secondary N) is 2. The third-order valence-electron chi connectivity index (χ3n) is 3.19. The molecule has 21 heavy (non-hydrogen) atoms. The van der Waals surface area contributed by atoms with Crippen molar-refractivity contribution >= 4 is 16.6 Å². The van der Waals surface area contributed by atoms with Gasteiger partial charge < -0.3 is 15.0 Å². The van der Waals surface area contributed by atoms with E-state index >= 15 is 0 Å². The SMILES string of the molecule is COc1cccc(NCc2nc3ccccc3c(=O)[nH]2)c1. The number of hydrogen-bond donors (Lipinski definition) is 2. The number of hydrogen-bond acceptors (Lipinski definition) is 4. The first-order valence-electron chi connectivity index (χ1n) is 6.62. The van der Waals surface area contributed by atoms with E-state index in [9.17, 15) is 4.79 Å². The molecule has 0 aliphatic heterocycles. The second kappa shape index (κ2) is 5.66. The first-order valence-corrected chi connectivity index (χ1v) is 6.62. The molecular formula is C16H15N3O2. The number of H-pyrrole nitrogens is 1. The zero-order valence-corrected chi connectivity index (χ0v) is 11.6. The van der Waals surface area contributed by atoms with Crippen molar-refractivity contribution in [2.45, 2.75) is 6.54 Å². The van der Waals surface area contributed by atoms with Crippen molar-refractivity contribution in [3.8, 4) is 5.75 Å². The summed E-state index contributed by atoms with van der Waals surface area (Å²) in [4.78, 5) is 19.2. The maximum absolute atomic E-state index is 12.0. The Kier molecular flexibility index (Phi) is 3.55. The van der Waals surface area contributed by atoms with Gasteiger partial charge in [-0.05, 0) is 24.3 Å². The number of benzene rings is 2. The molecule has 5 heteroatoms. The minimum Gasteiger partial charge on any atom is -0.497 e. The van der Waals surface area contributed by atoms with E-state index in [0.717, 1.165) is 11.4 Å². The van der Waals surface area contributed by atoms with Crippen LogP contribution in [0, 0.1) is 0 Å². The fourth-order valence-corrected chi connectivity index (χ4v) is 2.14. The quantitative estimate of drug-likeness (QED) is 0.771. The average Bonchev–Trinajstić information content (AvgIpc) is 2.53. The Bertz CT molecular complexity index is 827. The molecule has 0 unspecified atom stereocenters. The van der Waals surface area contributed by atoms with Crippen LogP contribution in [0.3, 0.4) is 0 Å². The second-order valence-corrected chi connectivity index (χ2v) is 4.62. The second-order valence-electron chi connectivity index (χ2n) is 4.62. The summed E-state index contributed by atoms with van der Waals surface area (Å²) in [6, 6.07) is 14.9. The third-order valence-corrected chi connectivity index (χ3v) is 3.19. The molecule has 0 radical (unpaired) electrons. The lowest BCUT2D eigenvalue weighted by atomic mass is 10.2. The van der Waals surface area contributed by atoms with E-state index in [4.69, 9.17) is 4.74 Å². The molecule has 0 saturated heterocycles. The Hall–Kier alpha value is -2.82. The van der Waals surface area contributed by atoms with Gasteiger partial charge in [0.2, 0.25) is 0 Å². The molecule has 2 aromatic carbocycles. The molecule has 1 heterocycles. The van der Waals surface area contributed by atoms with E-state index in [2.05, 4.69) is 15.3 Å². The summed E-state index contributed by atoms with van der Waals surface area (Å²) in [7, 11) is 1.63. The van der Waals surface area contributed by atoms with Gasteiger partial charge in [0.05, 0.1) is 24.6 Å². The van der Waals surface area contributed by atoms with Crippen LogP contribution in [0.15, 0.2) is 53.3 Å². The molecule has 0 saturated carbocycles. The highest BCUT2D eigenvalue weighted by Gasteiger charge is 2.03. The van der Waals surface area contributed by atoms with Crippen LogP contribution in [0.5, 0.6) is 5.75 Å². The van der Waals surface area contributed by atoms with Crippen LogP contribution in [0.25, 0.3) is 10.9 Å². The van der Waals surface area contributed by atoms with E-state index < -0.39 is 0 Å². The third kappa shape index (κ3) is 2.86. The summed E-state index contributed by atoms with van der Waals surface area (Å²) in [5.41, 5.74) is 1.48. The molecule has 5 nitrogen and oxygen atoms in total. The number of methoxy groups -OCH3 is 1. The molecular weight excluding hydrogens is 266 g/mol. The molecule has 3 rings (SSSR count). The van der Waals surface area contributed by atoms with Crippen molar-refractivity contribution in [1.82, 2.24) is 9.97 Å². The van der Waals surface area contributed by atoms with Crippen LogP contribution in [-0.4, -0.2) is 17.1 Å². The van der Waals surface area contributed by atoms with Crippen LogP contribution in [0.2, 0.25) is 0 Å². The Morgan fingerprint density at radius 1 is 1.19 bits per heavy atom. The highest BCUT2D eigenvalue weighted by Crippen LogP contribution is 2.17. The van der Waals surface area contributed by atoms with Crippen molar-refractivity contribution in [3.63, 3.8) is 0 Å². The summed E-state index contributed by atoms with van der Waals surface area (Å²) in [6.45, 7) is 0.438. The highest BCUT2D eigenvalue weighted by molar-refractivity contribution is 5.77. The predicted octanol–water partition coefficient (Wildman–Crippen LogP) is 2.54. The van der Waals surface area contributed by atoms with Gasteiger partial charge in [0, 0.05) is 11.8 Å². The van der Waals surface area contributed by atoms with Crippen LogP contribution in [0.4, 0.5) is 5.69 Å². The molecule has 0 aliphatic carbocycles. The number of para-hydroxylation sites is 1. The lowest BCUT2D eigenvalue weighted by molar-refractivity contribution is 0.415. The monoisotopic (exact) mass is 281 g/mol. The van der Waals surface area contributed by atoms with Gasteiger partial charge in [0.1, 0.15) is 11.6 Å². The van der Waals surface area contributed by atoms with Gasteiger partial charge in [-0.25, -0.2) is 4.98 Å². The standard InChI is InChI=1S/C16H15N3O2/c1-21-12-6-4-5-11(9-12)17-10-15-18-14-8-3-2-7-13(14)16(20)19-15/h2-9,17H,10H2,1H3,(H,18,19,20). The normalized spacial score (nSPS) is 10.5. The topological polar surface area (TPSA) is 67.0 Å². The van der Waals surface area contributed by atoms with E-state index in [1.54, 1.807) is 13.2 Å². The highest BCUT2D eigenvalue weighted by atomic mass is 16.5. The lowest BCUT2D eigenvalue weighted by Gasteiger charge is -2.08. The minimum absolute atomic E-state index is 0.122. The van der Waals surface area contributed by atoms with Crippen molar-refractivity contribution in [3.05, 3.63) is 64.7 Å². The molecule has 1 aromatic heterocycles. The van der Waals surface area contributed by atoms with Crippen molar-refractivity contribution in [2.24, 2.45) is 0 Å². The first-order chi connectivity index (χ1) is 10.3. The Labute approximate surface area is 121 Å². The van der Waals surface area contributed by atoms with Gasteiger partial charge >= 0.3 is 0 Å². The Morgan fingerprint density at radius 3 is 2.90 bits per heavy atom. The van der Waals surface area contributed by atoms with Gasteiger partial charge in [-0.3, -0.25) is 4.79 Å². The van der Waals surface area contributed by atoms with E-state index in [1.165, 1.54) is 0 Å². The molecule has 0 bridgehead atoms. The predicted molar refractivity (Wildman–Crippen MR) is 82.7 cm³/mol. The van der Waals surface area contributed by atoms with Gasteiger partial charge in [-0.1, -0.05) is 18.2 Å². The number of aromatic nitrogens is 2. The molecule has 0 amide bonds. The number of fused-ring (bicyclic) bond motifs is 1. The summed E-state index contributed by atoms with van der Waals surface area (Å²) >= 11 is 0. The van der Waals surface area contributed by atoms with Crippen molar-refractivity contribution in [2.75, 3.05) is 12.4 Å². The zero-order chi connectivity index (χ0) is 14.7. The number of anilines is 1. The Balaban J connectivity index is 1.83. The summed E-state index contributed by atoms with van der Waals surface area (Å²) in [6.07, 6.45) is 0. The first kappa shape index (κ1) is 13.2. The fourth-order valence-electron chi connectivity index (χ4n) is 2.14. The van der Waals surface area contributed by atoms with Crippen LogP contribution >= 0.6 is 0 Å². The molecule has 2 N–H and O–H groups in total.